The van der Waals surface area contributed by atoms with E-state index >= 15 is 0 Å². The normalized spacial score (nSPS) is 13.6. The molecule has 0 saturated carbocycles. The highest BCUT2D eigenvalue weighted by atomic mass is 79.9. The van der Waals surface area contributed by atoms with Gasteiger partial charge >= 0.3 is 6.61 Å². The fraction of sp³-hybridized carbons (Fsp3) is 0.318. The Bertz CT molecular complexity index is 921. The fourth-order valence-corrected chi connectivity index (χ4v) is 3.72. The average Bonchev–Trinajstić information content (AvgIpc) is 2.84. The smallest absolute Gasteiger partial charge is 0.387 e. The molecule has 0 N–H and O–H groups in total. The highest BCUT2D eigenvalue weighted by Crippen LogP contribution is 2.28. The molecule has 0 unspecified atom stereocenters. The SMILES string of the molecule is Br.Cc1ccc(-c2cc(-c3ccc(OC(F)F)cc3)[n+]3n2CCCCC3)cc1. The molecule has 6 heteroatoms. The number of nitrogens with zero attached hydrogens (tertiary/aromatic N) is 2. The average molecular weight is 450 g/mol. The van der Waals surface area contributed by atoms with E-state index in [0.717, 1.165) is 37.2 Å². The number of benzene rings is 2. The summed E-state index contributed by atoms with van der Waals surface area (Å²) < 4.78 is 34.0. The summed E-state index contributed by atoms with van der Waals surface area (Å²) in [4.78, 5) is 0. The summed E-state index contributed by atoms with van der Waals surface area (Å²) in [6.07, 6.45) is 3.51. The van der Waals surface area contributed by atoms with Gasteiger partial charge in [0.25, 0.3) is 0 Å². The van der Waals surface area contributed by atoms with Crippen LogP contribution in [-0.4, -0.2) is 11.3 Å². The molecule has 0 spiro atoms. The van der Waals surface area contributed by atoms with E-state index < -0.39 is 6.61 Å². The summed E-state index contributed by atoms with van der Waals surface area (Å²) >= 11 is 0. The second kappa shape index (κ2) is 8.86. The molecule has 0 atom stereocenters. The number of rotatable bonds is 4. The zero-order chi connectivity index (χ0) is 18.8. The molecule has 1 aromatic heterocycles. The molecule has 0 aliphatic carbocycles. The zero-order valence-corrected chi connectivity index (χ0v) is 17.5. The number of aryl methyl sites for hydroxylation is 1. The molecule has 0 fully saturated rings. The summed E-state index contributed by atoms with van der Waals surface area (Å²) in [5, 5.41) is 0. The number of alkyl halides is 2. The first-order valence-electron chi connectivity index (χ1n) is 9.38. The molecule has 4 rings (SSSR count). The molecule has 3 nitrogen and oxygen atoms in total. The van der Waals surface area contributed by atoms with Crippen LogP contribution in [0.5, 0.6) is 5.75 Å². The molecule has 0 saturated heterocycles. The van der Waals surface area contributed by atoms with Gasteiger partial charge in [-0.3, -0.25) is 0 Å². The summed E-state index contributed by atoms with van der Waals surface area (Å²) in [5.74, 6) is 0.183. The van der Waals surface area contributed by atoms with E-state index in [2.05, 4.69) is 51.4 Å². The van der Waals surface area contributed by atoms with Gasteiger partial charge in [0.15, 0.2) is 6.54 Å². The third-order valence-electron chi connectivity index (χ3n) is 5.08. The van der Waals surface area contributed by atoms with Crippen LogP contribution >= 0.6 is 17.0 Å². The first-order valence-corrected chi connectivity index (χ1v) is 9.38. The van der Waals surface area contributed by atoms with Crippen LogP contribution in [0.3, 0.4) is 0 Å². The minimum atomic E-state index is -2.80. The van der Waals surface area contributed by atoms with Gasteiger partial charge < -0.3 is 4.74 Å². The molecule has 1 aliphatic rings. The predicted molar refractivity (Wildman–Crippen MR) is 111 cm³/mol. The molecule has 2 aromatic carbocycles. The summed E-state index contributed by atoms with van der Waals surface area (Å²) in [7, 11) is 0. The lowest BCUT2D eigenvalue weighted by Crippen LogP contribution is -2.43. The Morgan fingerprint density at radius 1 is 0.929 bits per heavy atom. The second-order valence-corrected chi connectivity index (χ2v) is 6.99. The van der Waals surface area contributed by atoms with Gasteiger partial charge in [0.2, 0.25) is 5.69 Å². The van der Waals surface area contributed by atoms with Crippen molar-refractivity contribution < 1.29 is 18.2 Å². The first-order chi connectivity index (χ1) is 13.1. The van der Waals surface area contributed by atoms with Crippen LogP contribution < -0.4 is 9.42 Å². The van der Waals surface area contributed by atoms with Crippen LogP contribution in [0.2, 0.25) is 0 Å². The van der Waals surface area contributed by atoms with E-state index in [-0.39, 0.29) is 22.7 Å². The minimum Gasteiger partial charge on any atom is -0.435 e. The Morgan fingerprint density at radius 3 is 2.29 bits per heavy atom. The molecule has 28 heavy (non-hydrogen) atoms. The lowest BCUT2D eigenvalue weighted by atomic mass is 10.1. The van der Waals surface area contributed by atoms with E-state index in [1.807, 2.05) is 12.1 Å². The molecule has 148 valence electrons. The van der Waals surface area contributed by atoms with Crippen molar-refractivity contribution in [2.24, 2.45) is 0 Å². The van der Waals surface area contributed by atoms with Crippen LogP contribution in [-0.2, 0) is 13.1 Å². The fourth-order valence-electron chi connectivity index (χ4n) is 3.72. The third-order valence-corrected chi connectivity index (χ3v) is 5.08. The van der Waals surface area contributed by atoms with Crippen LogP contribution in [0, 0.1) is 6.92 Å². The van der Waals surface area contributed by atoms with E-state index in [9.17, 15) is 8.78 Å². The largest absolute Gasteiger partial charge is 0.435 e. The lowest BCUT2D eigenvalue weighted by Gasteiger charge is -2.06. The van der Waals surface area contributed by atoms with Gasteiger partial charge in [0.05, 0.1) is 6.54 Å². The van der Waals surface area contributed by atoms with Crippen LogP contribution in [0.1, 0.15) is 24.8 Å². The number of halogens is 3. The van der Waals surface area contributed by atoms with Crippen LogP contribution in [0.4, 0.5) is 8.78 Å². The molecule has 2 heterocycles. The maximum atomic E-state index is 12.4. The van der Waals surface area contributed by atoms with Crippen molar-refractivity contribution >= 4 is 17.0 Å². The monoisotopic (exact) mass is 449 g/mol. The Hall–Kier alpha value is -2.21. The molecular weight excluding hydrogens is 426 g/mol. The van der Waals surface area contributed by atoms with Crippen molar-refractivity contribution in [2.75, 3.05) is 0 Å². The summed E-state index contributed by atoms with van der Waals surface area (Å²) in [6, 6.07) is 17.7. The van der Waals surface area contributed by atoms with Gasteiger partial charge in [0.1, 0.15) is 11.4 Å². The first kappa shape index (κ1) is 20.5. The van der Waals surface area contributed by atoms with Crippen molar-refractivity contribution in [1.29, 1.82) is 0 Å². The lowest BCUT2D eigenvalue weighted by molar-refractivity contribution is -0.763. The van der Waals surface area contributed by atoms with Gasteiger partial charge in [-0.1, -0.05) is 29.8 Å². The van der Waals surface area contributed by atoms with Crippen molar-refractivity contribution in [3.63, 3.8) is 0 Å². The molecular formula is C22H24BrF2N2O+. The Morgan fingerprint density at radius 2 is 1.61 bits per heavy atom. The van der Waals surface area contributed by atoms with Crippen molar-refractivity contribution in [3.8, 4) is 28.3 Å². The Balaban J connectivity index is 0.00000225. The van der Waals surface area contributed by atoms with Gasteiger partial charge in [0, 0.05) is 23.6 Å². The summed E-state index contributed by atoms with van der Waals surface area (Å²) in [6.45, 7) is 1.22. The van der Waals surface area contributed by atoms with E-state index in [4.69, 9.17) is 0 Å². The number of ether oxygens (including phenoxy) is 1. The van der Waals surface area contributed by atoms with Gasteiger partial charge in [-0.2, -0.15) is 13.5 Å². The van der Waals surface area contributed by atoms with Crippen LogP contribution in [0.25, 0.3) is 22.5 Å². The molecule has 0 bridgehead atoms. The maximum absolute atomic E-state index is 12.4. The Kier molecular flexibility index (Phi) is 6.50. The third kappa shape index (κ3) is 4.27. The molecule has 0 amide bonds. The second-order valence-electron chi connectivity index (χ2n) is 6.99. The number of aromatic nitrogens is 2. The zero-order valence-electron chi connectivity index (χ0n) is 15.8. The van der Waals surface area contributed by atoms with E-state index in [1.54, 1.807) is 12.1 Å². The van der Waals surface area contributed by atoms with E-state index in [1.165, 1.54) is 23.2 Å². The van der Waals surface area contributed by atoms with Crippen molar-refractivity contribution in [1.82, 2.24) is 4.68 Å². The highest BCUT2D eigenvalue weighted by molar-refractivity contribution is 8.93. The van der Waals surface area contributed by atoms with Gasteiger partial charge in [-0.15, -0.1) is 21.7 Å². The molecule has 0 radical (unpaired) electrons. The molecule has 1 aliphatic heterocycles. The summed E-state index contributed by atoms with van der Waals surface area (Å²) in [5.41, 5.74) is 5.74. The quantitative estimate of drug-likeness (QED) is 0.461. The van der Waals surface area contributed by atoms with Gasteiger partial charge in [-0.05, 0) is 44.0 Å². The Labute approximate surface area is 174 Å². The number of hydrogen-bond donors (Lipinski definition) is 0. The minimum absolute atomic E-state index is 0. The standard InChI is InChI=1S/C22H23F2N2O.BrH/c1-16-5-7-17(8-6-16)20-15-21(26-14-4-2-3-13-25(20)26)18-9-11-19(12-10-18)27-22(23)24;/h5-12,15,22H,2-4,13-14H2,1H3;1H/q+1;. The highest BCUT2D eigenvalue weighted by Gasteiger charge is 2.26. The van der Waals surface area contributed by atoms with E-state index in [0.29, 0.717) is 0 Å². The predicted octanol–water partition coefficient (Wildman–Crippen LogP) is 5.78. The molecule has 3 aromatic rings. The van der Waals surface area contributed by atoms with Crippen LogP contribution in [0.15, 0.2) is 54.6 Å². The number of hydrogen-bond acceptors (Lipinski definition) is 1. The van der Waals surface area contributed by atoms with Crippen molar-refractivity contribution in [2.45, 2.75) is 45.9 Å². The van der Waals surface area contributed by atoms with Crippen molar-refractivity contribution in [3.05, 3.63) is 60.2 Å². The topological polar surface area (TPSA) is 18.0 Å². The maximum Gasteiger partial charge on any atom is 0.387 e. The number of fused-ring (bicyclic) bond motifs is 1. The van der Waals surface area contributed by atoms with Gasteiger partial charge in [-0.25, -0.2) is 0 Å².